The highest BCUT2D eigenvalue weighted by Crippen LogP contribution is 2.39. The van der Waals surface area contributed by atoms with E-state index in [9.17, 15) is 0 Å². The smallest absolute Gasteiger partial charge is 0.257 e. The summed E-state index contributed by atoms with van der Waals surface area (Å²) in [4.78, 5) is 5.67. The van der Waals surface area contributed by atoms with Crippen LogP contribution in [-0.4, -0.2) is 33.6 Å². The summed E-state index contributed by atoms with van der Waals surface area (Å²) >= 11 is 6.51. The number of oxime groups is 1. The number of benzene rings is 3. The number of rotatable bonds is 8. The van der Waals surface area contributed by atoms with E-state index in [0.29, 0.717) is 27.8 Å². The van der Waals surface area contributed by atoms with Gasteiger partial charge in [0.1, 0.15) is 11.5 Å². The average molecular weight is 532 g/mol. The SMILES string of the molecule is Cc1cccc(Oc2c(Cl)cccc2-c2nnc(CO/N=C(/c3ccccc3)C3(C)N=NNN3C)o2)c1C. The minimum absolute atomic E-state index is 0.0541. The van der Waals surface area contributed by atoms with Gasteiger partial charge in [0.2, 0.25) is 0 Å². The Bertz CT molecular complexity index is 1510. The molecule has 10 nitrogen and oxygen atoms in total. The molecule has 0 radical (unpaired) electrons. The van der Waals surface area contributed by atoms with Gasteiger partial charge in [-0.3, -0.25) is 0 Å². The molecule has 3 aromatic carbocycles. The standard InChI is InChI=1S/C27H26ClN7O3/c1-17-10-8-15-22(18(17)2)37-24-20(13-9-14-21(24)28)26-30-29-23(38-26)16-36-31-25(19-11-6-5-7-12-19)27(3)32-33-34-35(27)4/h5-15H,16H2,1-4H3,(H,32,34)/b31-25-. The third-order valence-corrected chi connectivity index (χ3v) is 6.66. The Balaban J connectivity index is 1.38. The largest absolute Gasteiger partial charge is 0.455 e. The number of aromatic nitrogens is 2. The molecule has 0 aliphatic carbocycles. The molecule has 0 spiro atoms. The molecule has 0 amide bonds. The van der Waals surface area contributed by atoms with Gasteiger partial charge in [-0.2, -0.15) is 5.01 Å². The van der Waals surface area contributed by atoms with E-state index in [1.165, 1.54) is 0 Å². The molecule has 194 valence electrons. The molecule has 2 heterocycles. The van der Waals surface area contributed by atoms with E-state index in [4.69, 9.17) is 25.6 Å². The highest BCUT2D eigenvalue weighted by Gasteiger charge is 2.41. The molecule has 1 N–H and O–H groups in total. The van der Waals surface area contributed by atoms with Crippen LogP contribution in [0.25, 0.3) is 11.5 Å². The molecule has 1 atom stereocenters. The number of aryl methyl sites for hydroxylation is 1. The fourth-order valence-corrected chi connectivity index (χ4v) is 4.08. The summed E-state index contributed by atoms with van der Waals surface area (Å²) in [5.74, 6) is 1.61. The predicted octanol–water partition coefficient (Wildman–Crippen LogP) is 6.25. The molecular formula is C27H26ClN7O3. The number of nitrogens with one attached hydrogen (secondary N) is 1. The van der Waals surface area contributed by atoms with E-state index in [0.717, 1.165) is 16.7 Å². The van der Waals surface area contributed by atoms with Gasteiger partial charge in [0, 0.05) is 12.6 Å². The first-order valence-electron chi connectivity index (χ1n) is 11.9. The zero-order chi connectivity index (χ0) is 26.7. The molecule has 5 rings (SSSR count). The number of nitrogens with zero attached hydrogens (tertiary/aromatic N) is 6. The highest BCUT2D eigenvalue weighted by atomic mass is 35.5. The number of halogens is 1. The van der Waals surface area contributed by atoms with Crippen LogP contribution in [0.1, 0.15) is 29.5 Å². The second kappa shape index (κ2) is 10.6. The zero-order valence-electron chi connectivity index (χ0n) is 21.3. The van der Waals surface area contributed by atoms with Crippen molar-refractivity contribution >= 4 is 17.3 Å². The molecule has 0 saturated carbocycles. The fraction of sp³-hybridized carbons (Fsp3) is 0.222. The molecular weight excluding hydrogens is 506 g/mol. The van der Waals surface area contributed by atoms with Crippen molar-refractivity contribution in [3.8, 4) is 23.0 Å². The van der Waals surface area contributed by atoms with Crippen molar-refractivity contribution in [2.45, 2.75) is 33.0 Å². The van der Waals surface area contributed by atoms with E-state index in [-0.39, 0.29) is 18.4 Å². The minimum atomic E-state index is -0.873. The molecule has 1 aliphatic rings. The third kappa shape index (κ3) is 4.96. The molecule has 4 aromatic rings. The summed E-state index contributed by atoms with van der Waals surface area (Å²) in [7, 11) is 1.83. The normalized spacial score (nSPS) is 17.4. The van der Waals surface area contributed by atoms with Crippen LogP contribution in [-0.2, 0) is 11.4 Å². The molecule has 0 saturated heterocycles. The number of hydrazine groups is 1. The maximum atomic E-state index is 6.51. The summed E-state index contributed by atoms with van der Waals surface area (Å²) in [5, 5.41) is 23.1. The first kappa shape index (κ1) is 25.4. The maximum Gasteiger partial charge on any atom is 0.257 e. The van der Waals surface area contributed by atoms with Crippen LogP contribution in [0.3, 0.4) is 0 Å². The Labute approximate surface area is 224 Å². The number of likely N-dealkylation sites (N-methyl/N-ethyl adjacent to an activating group) is 1. The summed E-state index contributed by atoms with van der Waals surface area (Å²) in [5.41, 5.74) is 6.03. The lowest BCUT2D eigenvalue weighted by Gasteiger charge is -2.27. The van der Waals surface area contributed by atoms with Gasteiger partial charge in [-0.15, -0.1) is 15.3 Å². The van der Waals surface area contributed by atoms with Crippen molar-refractivity contribution in [3.05, 3.63) is 94.3 Å². The Hall–Kier alpha value is -4.28. The van der Waals surface area contributed by atoms with Gasteiger partial charge in [-0.05, 0) is 50.1 Å². The molecule has 0 bridgehead atoms. The van der Waals surface area contributed by atoms with Crippen LogP contribution in [0.5, 0.6) is 11.5 Å². The van der Waals surface area contributed by atoms with Crippen LogP contribution in [0.2, 0.25) is 5.02 Å². The third-order valence-electron chi connectivity index (χ3n) is 6.36. The monoisotopic (exact) mass is 531 g/mol. The van der Waals surface area contributed by atoms with Gasteiger partial charge in [0.15, 0.2) is 18.0 Å². The zero-order valence-corrected chi connectivity index (χ0v) is 22.1. The van der Waals surface area contributed by atoms with Gasteiger partial charge < -0.3 is 14.0 Å². The summed E-state index contributed by atoms with van der Waals surface area (Å²) in [6, 6.07) is 20.8. The minimum Gasteiger partial charge on any atom is -0.455 e. The van der Waals surface area contributed by atoms with Gasteiger partial charge in [-0.25, -0.2) is 5.53 Å². The van der Waals surface area contributed by atoms with Crippen LogP contribution in [0.15, 0.2) is 86.6 Å². The second-order valence-corrected chi connectivity index (χ2v) is 9.28. The van der Waals surface area contributed by atoms with E-state index in [1.54, 1.807) is 17.1 Å². The van der Waals surface area contributed by atoms with Crippen molar-refractivity contribution in [3.63, 3.8) is 0 Å². The molecule has 11 heteroatoms. The Morgan fingerprint density at radius 2 is 1.84 bits per heavy atom. The van der Waals surface area contributed by atoms with Crippen molar-refractivity contribution in [2.75, 3.05) is 7.05 Å². The Morgan fingerprint density at radius 3 is 2.61 bits per heavy atom. The van der Waals surface area contributed by atoms with Gasteiger partial charge in [0.05, 0.1) is 10.6 Å². The number of para-hydroxylation sites is 1. The van der Waals surface area contributed by atoms with Crippen LogP contribution in [0, 0.1) is 13.8 Å². The van der Waals surface area contributed by atoms with Gasteiger partial charge >= 0.3 is 0 Å². The Morgan fingerprint density at radius 1 is 1.05 bits per heavy atom. The van der Waals surface area contributed by atoms with E-state index in [2.05, 4.69) is 31.2 Å². The molecule has 1 unspecified atom stereocenters. The summed E-state index contributed by atoms with van der Waals surface area (Å²) in [6.07, 6.45) is 0. The lowest BCUT2D eigenvalue weighted by molar-refractivity contribution is 0.104. The van der Waals surface area contributed by atoms with Gasteiger partial charge in [0.25, 0.3) is 11.8 Å². The first-order valence-corrected chi connectivity index (χ1v) is 12.3. The van der Waals surface area contributed by atoms with Crippen LogP contribution < -0.4 is 10.3 Å². The van der Waals surface area contributed by atoms with Crippen LogP contribution in [0.4, 0.5) is 0 Å². The number of ether oxygens (including phenoxy) is 1. The fourth-order valence-electron chi connectivity index (χ4n) is 3.86. The van der Waals surface area contributed by atoms with E-state index < -0.39 is 5.66 Å². The highest BCUT2D eigenvalue weighted by molar-refractivity contribution is 6.32. The van der Waals surface area contributed by atoms with E-state index >= 15 is 0 Å². The molecule has 1 aromatic heterocycles. The van der Waals surface area contributed by atoms with Crippen LogP contribution >= 0.6 is 11.6 Å². The molecule has 0 fully saturated rings. The lowest BCUT2D eigenvalue weighted by atomic mass is 9.99. The molecule has 1 aliphatic heterocycles. The van der Waals surface area contributed by atoms with Crippen molar-refractivity contribution in [1.82, 2.24) is 20.7 Å². The molecule has 38 heavy (non-hydrogen) atoms. The Kier molecular flexibility index (Phi) is 7.08. The first-order chi connectivity index (χ1) is 18.4. The predicted molar refractivity (Wildman–Crippen MR) is 143 cm³/mol. The lowest BCUT2D eigenvalue weighted by Crippen LogP contribution is -2.49. The van der Waals surface area contributed by atoms with E-state index in [1.807, 2.05) is 82.4 Å². The van der Waals surface area contributed by atoms with Crippen molar-refractivity contribution < 1.29 is 14.0 Å². The summed E-state index contributed by atoms with van der Waals surface area (Å²) in [6.45, 7) is 5.85. The second-order valence-electron chi connectivity index (χ2n) is 8.88. The average Bonchev–Trinajstić information content (AvgIpc) is 3.52. The topological polar surface area (TPSA) is 110 Å². The summed E-state index contributed by atoms with van der Waals surface area (Å²) < 4.78 is 12.1. The maximum absolute atomic E-state index is 6.51. The van der Waals surface area contributed by atoms with Gasteiger partial charge in [-0.1, -0.05) is 70.5 Å². The number of hydrogen-bond acceptors (Lipinski definition) is 10. The quantitative estimate of drug-likeness (QED) is 0.211. The van der Waals surface area contributed by atoms with Crippen molar-refractivity contribution in [2.24, 2.45) is 15.5 Å². The van der Waals surface area contributed by atoms with Crippen molar-refractivity contribution in [1.29, 1.82) is 0 Å². The number of hydrogen-bond donors (Lipinski definition) is 1.